The van der Waals surface area contributed by atoms with Gasteiger partial charge in [0.05, 0.1) is 11.2 Å². The first-order valence-electron chi connectivity index (χ1n) is 6.02. The number of carbonyl (C=O) groups is 1. The van der Waals surface area contributed by atoms with Gasteiger partial charge in [-0.05, 0) is 12.1 Å². The molecule has 102 valence electrons. The molecule has 2 N–H and O–H groups in total. The van der Waals surface area contributed by atoms with Gasteiger partial charge in [0.25, 0.3) is 0 Å². The number of para-hydroxylation sites is 1. The molecule has 1 aromatic carbocycles. The molecule has 2 heterocycles. The predicted octanol–water partition coefficient (Wildman–Crippen LogP) is 2.70. The number of carbonyl (C=O) groups excluding carboxylic acids is 1. The second-order valence-corrected chi connectivity index (χ2v) is 4.97. The normalized spacial score (nSPS) is 12.8. The van der Waals surface area contributed by atoms with Crippen LogP contribution in [0.2, 0.25) is 5.02 Å². The van der Waals surface area contributed by atoms with E-state index >= 15 is 0 Å². The Morgan fingerprint density at radius 1 is 1.50 bits per heavy atom. The summed E-state index contributed by atoms with van der Waals surface area (Å²) in [5.41, 5.74) is 7.09. The lowest BCUT2D eigenvalue weighted by Crippen LogP contribution is -2.20. The molecule has 1 unspecified atom stereocenters. The number of aryl methyl sites for hydroxylation is 1. The molecule has 6 heteroatoms. The minimum Gasteiger partial charge on any atom is -0.451 e. The number of benzene rings is 1. The highest BCUT2D eigenvalue weighted by atomic mass is 35.5. The van der Waals surface area contributed by atoms with Crippen molar-refractivity contribution in [1.29, 1.82) is 0 Å². The number of aromatic nitrogens is 2. The highest BCUT2D eigenvalue weighted by molar-refractivity contribution is 6.34. The van der Waals surface area contributed by atoms with Crippen LogP contribution in [0.25, 0.3) is 11.0 Å². The van der Waals surface area contributed by atoms with Crippen molar-refractivity contribution < 1.29 is 9.21 Å². The van der Waals surface area contributed by atoms with Crippen LogP contribution in [-0.2, 0) is 7.05 Å². The molecule has 0 aliphatic heterocycles. The molecule has 3 aromatic rings. The summed E-state index contributed by atoms with van der Waals surface area (Å²) in [4.78, 5) is 12.3. The van der Waals surface area contributed by atoms with E-state index in [0.717, 1.165) is 5.39 Å². The molecule has 5 nitrogen and oxygen atoms in total. The Bertz CT molecular complexity index is 791. The van der Waals surface area contributed by atoms with Gasteiger partial charge in [0.15, 0.2) is 11.3 Å². The highest BCUT2D eigenvalue weighted by Crippen LogP contribution is 2.28. The summed E-state index contributed by atoms with van der Waals surface area (Å²) in [7, 11) is 1.77. The van der Waals surface area contributed by atoms with Crippen molar-refractivity contribution in [1.82, 2.24) is 9.78 Å². The molecule has 0 amide bonds. The first-order valence-corrected chi connectivity index (χ1v) is 6.40. The van der Waals surface area contributed by atoms with Gasteiger partial charge in [-0.2, -0.15) is 5.10 Å². The Morgan fingerprint density at radius 2 is 2.30 bits per heavy atom. The van der Waals surface area contributed by atoms with Crippen LogP contribution in [0.5, 0.6) is 0 Å². The van der Waals surface area contributed by atoms with Crippen molar-refractivity contribution in [3.8, 4) is 0 Å². The summed E-state index contributed by atoms with van der Waals surface area (Å²) < 4.78 is 7.12. The number of Topliss-reactive ketones (excluding diaryl/α,β-unsaturated/α-hetero) is 1. The van der Waals surface area contributed by atoms with E-state index in [1.54, 1.807) is 42.3 Å². The molecule has 2 aromatic heterocycles. The standard InChI is InChI=1S/C14H12ClN3O2/c1-18-7-9(6-17-18)12(16)13(19)11-5-8-3-2-4-10(15)14(8)20-11/h2-7,12H,16H2,1H3. The van der Waals surface area contributed by atoms with Gasteiger partial charge in [0, 0.05) is 24.2 Å². The SMILES string of the molecule is Cn1cc(C(N)C(=O)c2cc3cccc(Cl)c3o2)cn1. The fraction of sp³-hybridized carbons (Fsp3) is 0.143. The smallest absolute Gasteiger partial charge is 0.219 e. The first kappa shape index (κ1) is 12.9. The Kier molecular flexibility index (Phi) is 3.08. The van der Waals surface area contributed by atoms with Gasteiger partial charge in [-0.15, -0.1) is 0 Å². The average molecular weight is 290 g/mol. The monoisotopic (exact) mass is 289 g/mol. The molecule has 0 aliphatic rings. The molecule has 0 saturated heterocycles. The largest absolute Gasteiger partial charge is 0.451 e. The fourth-order valence-electron chi connectivity index (χ4n) is 2.05. The number of ketones is 1. The molecule has 0 aliphatic carbocycles. The number of nitrogens with two attached hydrogens (primary N) is 1. The number of hydrogen-bond acceptors (Lipinski definition) is 4. The van der Waals surface area contributed by atoms with Gasteiger partial charge < -0.3 is 10.2 Å². The Morgan fingerprint density at radius 3 is 2.95 bits per heavy atom. The number of hydrogen-bond donors (Lipinski definition) is 1. The van der Waals surface area contributed by atoms with E-state index in [0.29, 0.717) is 16.2 Å². The van der Waals surface area contributed by atoms with Crippen molar-refractivity contribution in [3.63, 3.8) is 0 Å². The molecule has 0 fully saturated rings. The summed E-state index contributed by atoms with van der Waals surface area (Å²) in [5, 5.41) is 5.25. The molecular formula is C14H12ClN3O2. The van der Waals surface area contributed by atoms with Crippen molar-refractivity contribution in [2.45, 2.75) is 6.04 Å². The van der Waals surface area contributed by atoms with E-state index in [2.05, 4.69) is 5.10 Å². The second-order valence-electron chi connectivity index (χ2n) is 4.56. The molecular weight excluding hydrogens is 278 g/mol. The minimum atomic E-state index is -0.803. The van der Waals surface area contributed by atoms with Crippen LogP contribution in [0.1, 0.15) is 22.2 Å². The Hall–Kier alpha value is -2.11. The lowest BCUT2D eigenvalue weighted by Gasteiger charge is -2.05. The van der Waals surface area contributed by atoms with Crippen LogP contribution < -0.4 is 5.73 Å². The average Bonchev–Trinajstić information content (AvgIpc) is 3.04. The summed E-state index contributed by atoms with van der Waals surface area (Å²) in [5.74, 6) is -0.102. The predicted molar refractivity (Wildman–Crippen MR) is 75.7 cm³/mol. The van der Waals surface area contributed by atoms with Gasteiger partial charge in [0.1, 0.15) is 6.04 Å². The van der Waals surface area contributed by atoms with Crippen LogP contribution in [0.15, 0.2) is 41.1 Å². The van der Waals surface area contributed by atoms with Gasteiger partial charge in [0.2, 0.25) is 5.78 Å². The zero-order chi connectivity index (χ0) is 14.3. The van der Waals surface area contributed by atoms with Crippen LogP contribution in [-0.4, -0.2) is 15.6 Å². The van der Waals surface area contributed by atoms with E-state index in [-0.39, 0.29) is 11.5 Å². The second kappa shape index (κ2) is 4.77. The van der Waals surface area contributed by atoms with Crippen LogP contribution in [0.3, 0.4) is 0 Å². The number of furan rings is 1. The van der Waals surface area contributed by atoms with E-state index in [4.69, 9.17) is 21.8 Å². The number of rotatable bonds is 3. The van der Waals surface area contributed by atoms with Crippen molar-refractivity contribution in [3.05, 3.63) is 53.0 Å². The summed E-state index contributed by atoms with van der Waals surface area (Å²) >= 11 is 6.03. The zero-order valence-corrected chi connectivity index (χ0v) is 11.5. The van der Waals surface area contributed by atoms with Gasteiger partial charge >= 0.3 is 0 Å². The van der Waals surface area contributed by atoms with Crippen molar-refractivity contribution in [2.75, 3.05) is 0 Å². The number of nitrogens with zero attached hydrogens (tertiary/aromatic N) is 2. The fourth-order valence-corrected chi connectivity index (χ4v) is 2.27. The molecule has 0 saturated carbocycles. The Labute approximate surface area is 119 Å². The molecule has 0 spiro atoms. The maximum atomic E-state index is 12.3. The van der Waals surface area contributed by atoms with E-state index < -0.39 is 6.04 Å². The van der Waals surface area contributed by atoms with Gasteiger partial charge in [-0.1, -0.05) is 23.7 Å². The topological polar surface area (TPSA) is 74.0 Å². The van der Waals surface area contributed by atoms with E-state index in [9.17, 15) is 4.79 Å². The highest BCUT2D eigenvalue weighted by Gasteiger charge is 2.23. The lowest BCUT2D eigenvalue weighted by molar-refractivity contribution is 0.0936. The molecule has 3 rings (SSSR count). The van der Waals surface area contributed by atoms with Crippen LogP contribution in [0, 0.1) is 0 Å². The maximum Gasteiger partial charge on any atom is 0.219 e. The quantitative estimate of drug-likeness (QED) is 0.752. The molecule has 1 atom stereocenters. The molecule has 20 heavy (non-hydrogen) atoms. The van der Waals surface area contributed by atoms with Gasteiger partial charge in [-0.25, -0.2) is 0 Å². The Balaban J connectivity index is 1.98. The van der Waals surface area contributed by atoms with E-state index in [1.807, 2.05) is 6.07 Å². The minimum absolute atomic E-state index is 0.199. The molecule has 0 radical (unpaired) electrons. The van der Waals surface area contributed by atoms with Crippen LogP contribution >= 0.6 is 11.6 Å². The summed E-state index contributed by atoms with van der Waals surface area (Å²) in [6.07, 6.45) is 3.27. The third kappa shape index (κ3) is 2.11. The lowest BCUT2D eigenvalue weighted by atomic mass is 10.1. The first-order chi connectivity index (χ1) is 9.56. The summed E-state index contributed by atoms with van der Waals surface area (Å²) in [6, 6.07) is 6.19. The maximum absolute atomic E-state index is 12.3. The van der Waals surface area contributed by atoms with Crippen LogP contribution in [0.4, 0.5) is 0 Å². The number of halogens is 1. The molecule has 0 bridgehead atoms. The summed E-state index contributed by atoms with van der Waals surface area (Å²) in [6.45, 7) is 0. The van der Waals surface area contributed by atoms with Crippen molar-refractivity contribution >= 4 is 28.4 Å². The van der Waals surface area contributed by atoms with Gasteiger partial charge in [-0.3, -0.25) is 9.48 Å². The van der Waals surface area contributed by atoms with E-state index in [1.165, 1.54) is 0 Å². The third-order valence-electron chi connectivity index (χ3n) is 3.11. The zero-order valence-electron chi connectivity index (χ0n) is 10.7. The third-order valence-corrected chi connectivity index (χ3v) is 3.40. The van der Waals surface area contributed by atoms with Crippen molar-refractivity contribution in [2.24, 2.45) is 12.8 Å². The number of fused-ring (bicyclic) bond motifs is 1.